The first-order valence-corrected chi connectivity index (χ1v) is 7.70. The van der Waals surface area contributed by atoms with Crippen LogP contribution >= 0.6 is 0 Å². The van der Waals surface area contributed by atoms with Crippen LogP contribution in [0.25, 0.3) is 0 Å². The minimum Gasteiger partial charge on any atom is -0.478 e. The summed E-state index contributed by atoms with van der Waals surface area (Å²) < 4.78 is 10.4. The number of benzene rings is 1. The number of aromatic carboxylic acids is 1. The molecule has 8 heteroatoms. The molecule has 0 spiro atoms. The summed E-state index contributed by atoms with van der Waals surface area (Å²) in [7, 11) is 3.12. The maximum Gasteiger partial charge on any atom is 0.415 e. The van der Waals surface area contributed by atoms with Crippen LogP contribution in [0.3, 0.4) is 0 Å². The number of amides is 2. The van der Waals surface area contributed by atoms with E-state index in [1.807, 2.05) is 0 Å². The van der Waals surface area contributed by atoms with Crippen molar-refractivity contribution in [1.29, 1.82) is 0 Å². The largest absolute Gasteiger partial charge is 0.478 e. The molecule has 0 fully saturated rings. The average molecular weight is 352 g/mol. The number of ether oxygens (including phenoxy) is 2. The van der Waals surface area contributed by atoms with Crippen molar-refractivity contribution in [2.75, 3.05) is 27.2 Å². The zero-order valence-corrected chi connectivity index (χ0v) is 15.1. The van der Waals surface area contributed by atoms with Gasteiger partial charge in [0, 0.05) is 27.2 Å². The highest BCUT2D eigenvalue weighted by Crippen LogP contribution is 2.13. The summed E-state index contributed by atoms with van der Waals surface area (Å²) in [4.78, 5) is 37.3. The lowest BCUT2D eigenvalue weighted by Gasteiger charge is -2.26. The molecule has 0 aliphatic carbocycles. The molecule has 1 aromatic carbocycles. The highest BCUT2D eigenvalue weighted by atomic mass is 16.6. The molecule has 1 N–H and O–H groups in total. The molecule has 1 aromatic rings. The van der Waals surface area contributed by atoms with Crippen LogP contribution in [0.5, 0.6) is 5.75 Å². The number of carboxylic acid groups (broad SMARTS) is 1. The van der Waals surface area contributed by atoms with Crippen LogP contribution in [0, 0.1) is 0 Å². The van der Waals surface area contributed by atoms with Gasteiger partial charge in [-0.1, -0.05) is 0 Å². The normalized spacial score (nSPS) is 10.8. The number of carbonyl (C=O) groups excluding carboxylic acids is 2. The predicted octanol–water partition coefficient (Wildman–Crippen LogP) is 2.68. The van der Waals surface area contributed by atoms with Crippen LogP contribution < -0.4 is 4.74 Å². The Balaban J connectivity index is 2.48. The molecule has 0 saturated carbocycles. The molecule has 0 aromatic heterocycles. The Morgan fingerprint density at radius 3 is 1.88 bits per heavy atom. The molecule has 2 amide bonds. The summed E-state index contributed by atoms with van der Waals surface area (Å²) >= 11 is 0. The summed E-state index contributed by atoms with van der Waals surface area (Å²) in [5, 5.41) is 8.82. The Morgan fingerprint density at radius 2 is 1.44 bits per heavy atom. The van der Waals surface area contributed by atoms with Crippen molar-refractivity contribution in [2.45, 2.75) is 26.4 Å². The second kappa shape index (κ2) is 8.36. The minimum absolute atomic E-state index is 0.104. The minimum atomic E-state index is -1.06. The van der Waals surface area contributed by atoms with Gasteiger partial charge in [-0.15, -0.1) is 0 Å². The maximum atomic E-state index is 12.0. The molecular weight excluding hydrogens is 328 g/mol. The zero-order valence-electron chi connectivity index (χ0n) is 15.1. The van der Waals surface area contributed by atoms with Crippen molar-refractivity contribution >= 4 is 18.2 Å². The average Bonchev–Trinajstić information content (AvgIpc) is 2.50. The van der Waals surface area contributed by atoms with Crippen molar-refractivity contribution in [3.63, 3.8) is 0 Å². The van der Waals surface area contributed by atoms with E-state index in [0.717, 1.165) is 0 Å². The lowest BCUT2D eigenvalue weighted by atomic mass is 10.2. The standard InChI is InChI=1S/C17H24N2O6/c1-17(2,3)25-16(23)19(5)11-10-18(4)15(22)24-13-8-6-12(7-9-13)14(20)21/h6-9H,10-11H2,1-5H3,(H,20,21). The molecule has 0 aliphatic rings. The first-order valence-electron chi connectivity index (χ1n) is 7.70. The molecule has 1 rings (SSSR count). The van der Waals surface area contributed by atoms with E-state index in [1.54, 1.807) is 27.8 Å². The van der Waals surface area contributed by atoms with Gasteiger partial charge in [0.05, 0.1) is 5.56 Å². The fraction of sp³-hybridized carbons (Fsp3) is 0.471. The Labute approximate surface area is 146 Å². The SMILES string of the molecule is CN(CCN(C)C(=O)OC(C)(C)C)C(=O)Oc1ccc(C(=O)O)cc1. The number of carbonyl (C=O) groups is 3. The number of likely N-dealkylation sites (N-methyl/N-ethyl adjacent to an activating group) is 2. The van der Waals surface area contributed by atoms with Crippen molar-refractivity contribution in [3.05, 3.63) is 29.8 Å². The summed E-state index contributed by atoms with van der Waals surface area (Å²) in [5.74, 6) is -0.817. The van der Waals surface area contributed by atoms with Gasteiger partial charge in [0.25, 0.3) is 0 Å². The van der Waals surface area contributed by atoms with Gasteiger partial charge in [-0.05, 0) is 45.0 Å². The second-order valence-corrected chi connectivity index (χ2v) is 6.52. The van der Waals surface area contributed by atoms with Crippen LogP contribution in [0.4, 0.5) is 9.59 Å². The smallest absolute Gasteiger partial charge is 0.415 e. The first kappa shape index (κ1) is 20.3. The molecule has 0 atom stereocenters. The number of rotatable bonds is 5. The number of hydrogen-bond acceptors (Lipinski definition) is 5. The molecule has 0 aliphatic heterocycles. The lowest BCUT2D eigenvalue weighted by Crippen LogP contribution is -2.40. The number of nitrogens with zero attached hydrogens (tertiary/aromatic N) is 2. The maximum absolute atomic E-state index is 12.0. The highest BCUT2D eigenvalue weighted by molar-refractivity contribution is 5.87. The van der Waals surface area contributed by atoms with Crippen molar-refractivity contribution in [3.8, 4) is 5.75 Å². The van der Waals surface area contributed by atoms with Gasteiger partial charge in [-0.2, -0.15) is 0 Å². The Kier molecular flexibility index (Phi) is 6.78. The summed E-state index contributed by atoms with van der Waals surface area (Å²) in [5.41, 5.74) is -0.481. The van der Waals surface area contributed by atoms with Gasteiger partial charge in [0.2, 0.25) is 0 Å². The number of carboxylic acids is 1. The third kappa shape index (κ3) is 7.11. The van der Waals surface area contributed by atoms with Gasteiger partial charge < -0.3 is 24.4 Å². The third-order valence-electron chi connectivity index (χ3n) is 3.09. The molecule has 8 nitrogen and oxygen atoms in total. The van der Waals surface area contributed by atoms with E-state index in [2.05, 4.69) is 0 Å². The van der Waals surface area contributed by atoms with E-state index in [-0.39, 0.29) is 24.4 Å². The van der Waals surface area contributed by atoms with Gasteiger partial charge >= 0.3 is 18.2 Å². The fourth-order valence-corrected chi connectivity index (χ4v) is 1.67. The van der Waals surface area contributed by atoms with Crippen LogP contribution in [0.15, 0.2) is 24.3 Å². The van der Waals surface area contributed by atoms with Crippen molar-refractivity contribution < 1.29 is 29.0 Å². The molecule has 25 heavy (non-hydrogen) atoms. The van der Waals surface area contributed by atoms with E-state index < -0.39 is 23.8 Å². The van der Waals surface area contributed by atoms with Gasteiger partial charge in [-0.25, -0.2) is 14.4 Å². The lowest BCUT2D eigenvalue weighted by molar-refractivity contribution is 0.0287. The van der Waals surface area contributed by atoms with Gasteiger partial charge in [-0.3, -0.25) is 0 Å². The summed E-state index contributed by atoms with van der Waals surface area (Å²) in [6.07, 6.45) is -1.08. The second-order valence-electron chi connectivity index (χ2n) is 6.52. The van der Waals surface area contributed by atoms with E-state index in [0.29, 0.717) is 0 Å². The van der Waals surface area contributed by atoms with Crippen LogP contribution in [0.1, 0.15) is 31.1 Å². The van der Waals surface area contributed by atoms with Crippen LogP contribution in [-0.2, 0) is 4.74 Å². The highest BCUT2D eigenvalue weighted by Gasteiger charge is 2.20. The first-order chi connectivity index (χ1) is 11.5. The van der Waals surface area contributed by atoms with Crippen LogP contribution in [-0.4, -0.2) is 65.8 Å². The predicted molar refractivity (Wildman–Crippen MR) is 90.9 cm³/mol. The fourth-order valence-electron chi connectivity index (χ4n) is 1.67. The third-order valence-corrected chi connectivity index (χ3v) is 3.09. The molecule has 0 unspecified atom stereocenters. The van der Waals surface area contributed by atoms with Gasteiger partial charge in [0.15, 0.2) is 0 Å². The monoisotopic (exact) mass is 352 g/mol. The Morgan fingerprint density at radius 1 is 0.960 bits per heavy atom. The Hall–Kier alpha value is -2.77. The quantitative estimate of drug-likeness (QED) is 0.875. The topological polar surface area (TPSA) is 96.4 Å². The molecular formula is C17H24N2O6. The van der Waals surface area contributed by atoms with E-state index in [4.69, 9.17) is 14.6 Å². The molecule has 0 saturated heterocycles. The van der Waals surface area contributed by atoms with Crippen molar-refractivity contribution in [1.82, 2.24) is 9.80 Å². The molecule has 0 radical (unpaired) electrons. The Bertz CT molecular complexity index is 621. The summed E-state index contributed by atoms with van der Waals surface area (Å²) in [6, 6.07) is 5.51. The van der Waals surface area contributed by atoms with E-state index in [9.17, 15) is 14.4 Å². The molecule has 138 valence electrons. The zero-order chi connectivity index (χ0) is 19.2. The summed E-state index contributed by atoms with van der Waals surface area (Å²) in [6.45, 7) is 5.85. The van der Waals surface area contributed by atoms with Gasteiger partial charge in [0.1, 0.15) is 11.4 Å². The van der Waals surface area contributed by atoms with Crippen LogP contribution in [0.2, 0.25) is 0 Å². The molecule has 0 heterocycles. The van der Waals surface area contributed by atoms with E-state index in [1.165, 1.54) is 41.1 Å². The van der Waals surface area contributed by atoms with E-state index >= 15 is 0 Å². The number of hydrogen-bond donors (Lipinski definition) is 1. The molecule has 0 bridgehead atoms. The van der Waals surface area contributed by atoms with Crippen molar-refractivity contribution in [2.24, 2.45) is 0 Å².